The fourth-order valence-corrected chi connectivity index (χ4v) is 5.38. The first-order valence-corrected chi connectivity index (χ1v) is 11.3. The molecule has 0 aromatic carbocycles. The lowest BCUT2D eigenvalue weighted by Crippen LogP contribution is -2.60. The number of carbonyl (C=O) groups is 1. The van der Waals surface area contributed by atoms with Gasteiger partial charge in [0.2, 0.25) is 5.91 Å². The van der Waals surface area contributed by atoms with Crippen molar-refractivity contribution in [1.82, 2.24) is 19.7 Å². The van der Waals surface area contributed by atoms with Crippen LogP contribution in [0.5, 0.6) is 0 Å². The van der Waals surface area contributed by atoms with E-state index >= 15 is 0 Å². The summed E-state index contributed by atoms with van der Waals surface area (Å²) >= 11 is 0. The summed E-state index contributed by atoms with van der Waals surface area (Å²) in [6.07, 6.45) is 6.66. The number of rotatable bonds is 4. The van der Waals surface area contributed by atoms with Crippen LogP contribution >= 0.6 is 0 Å². The summed E-state index contributed by atoms with van der Waals surface area (Å²) in [5.74, 6) is 1.02. The molecule has 160 valence electrons. The van der Waals surface area contributed by atoms with E-state index in [1.54, 1.807) is 0 Å². The molecule has 0 bridgehead atoms. The van der Waals surface area contributed by atoms with Crippen LogP contribution in [0.15, 0.2) is 24.4 Å². The molecule has 1 aromatic rings. The molecular formula is C23H36N4O2. The molecular weight excluding hydrogens is 364 g/mol. The van der Waals surface area contributed by atoms with Crippen LogP contribution in [-0.2, 0) is 11.3 Å². The number of aromatic nitrogens is 1. The highest BCUT2D eigenvalue weighted by Crippen LogP contribution is 2.39. The standard InChI is InChI=1S/C23H36N4O2/c1-19-6-12-25(13-7-19)16-22(29)27-11-4-9-23(18-27)17-26(14-8-21(23)28)15-20-5-2-3-10-24-20/h2-3,5,10,19,21,28H,4,6-9,11-18H2,1H3/t21-,23-/m1/s1. The van der Waals surface area contributed by atoms with Crippen molar-refractivity contribution in [3.05, 3.63) is 30.1 Å². The topological polar surface area (TPSA) is 59.9 Å². The van der Waals surface area contributed by atoms with Gasteiger partial charge in [-0.3, -0.25) is 19.6 Å². The molecule has 3 fully saturated rings. The fraction of sp³-hybridized carbons (Fsp3) is 0.739. The quantitative estimate of drug-likeness (QED) is 0.838. The smallest absolute Gasteiger partial charge is 0.236 e. The van der Waals surface area contributed by atoms with Gasteiger partial charge >= 0.3 is 0 Å². The van der Waals surface area contributed by atoms with Crippen LogP contribution in [0.2, 0.25) is 0 Å². The largest absolute Gasteiger partial charge is 0.392 e. The summed E-state index contributed by atoms with van der Waals surface area (Å²) in [4.78, 5) is 24.3. The molecule has 1 aromatic heterocycles. The molecule has 0 unspecified atom stereocenters. The maximum atomic E-state index is 13.0. The van der Waals surface area contributed by atoms with Crippen molar-refractivity contribution in [2.45, 2.75) is 51.7 Å². The van der Waals surface area contributed by atoms with Gasteiger partial charge in [-0.2, -0.15) is 0 Å². The number of piperidine rings is 3. The zero-order valence-corrected chi connectivity index (χ0v) is 17.8. The van der Waals surface area contributed by atoms with Gasteiger partial charge in [0.15, 0.2) is 0 Å². The highest BCUT2D eigenvalue weighted by Gasteiger charge is 2.46. The van der Waals surface area contributed by atoms with Gasteiger partial charge in [0, 0.05) is 44.3 Å². The van der Waals surface area contributed by atoms with E-state index in [0.29, 0.717) is 13.1 Å². The Labute approximate surface area is 174 Å². The van der Waals surface area contributed by atoms with Gasteiger partial charge in [-0.1, -0.05) is 13.0 Å². The van der Waals surface area contributed by atoms with Gasteiger partial charge in [-0.25, -0.2) is 0 Å². The molecule has 0 radical (unpaired) electrons. The Morgan fingerprint density at radius 3 is 2.69 bits per heavy atom. The van der Waals surface area contributed by atoms with Gasteiger partial charge in [0.05, 0.1) is 18.3 Å². The molecule has 1 N–H and O–H groups in total. The summed E-state index contributed by atoms with van der Waals surface area (Å²) in [5.41, 5.74) is 0.874. The van der Waals surface area contributed by atoms with Crippen LogP contribution in [0.4, 0.5) is 0 Å². The van der Waals surface area contributed by atoms with E-state index in [9.17, 15) is 9.90 Å². The molecule has 1 spiro atoms. The highest BCUT2D eigenvalue weighted by atomic mass is 16.3. The number of pyridine rings is 1. The minimum atomic E-state index is -0.325. The van der Waals surface area contributed by atoms with Gasteiger partial charge in [-0.05, 0) is 63.2 Å². The molecule has 29 heavy (non-hydrogen) atoms. The molecule has 2 atom stereocenters. The average Bonchev–Trinajstić information content (AvgIpc) is 2.73. The zero-order chi connectivity index (χ0) is 20.3. The first-order chi connectivity index (χ1) is 14.0. The number of aliphatic hydroxyl groups excluding tert-OH is 1. The van der Waals surface area contributed by atoms with Gasteiger partial charge in [0.25, 0.3) is 0 Å². The Balaban J connectivity index is 1.37. The van der Waals surface area contributed by atoms with Crippen LogP contribution in [0.1, 0.15) is 44.7 Å². The predicted molar refractivity (Wildman–Crippen MR) is 113 cm³/mol. The number of likely N-dealkylation sites (tertiary alicyclic amines) is 3. The predicted octanol–water partition coefficient (Wildman–Crippen LogP) is 1.99. The minimum absolute atomic E-state index is 0.197. The lowest BCUT2D eigenvalue weighted by Gasteiger charge is -2.51. The number of carbonyl (C=O) groups excluding carboxylic acids is 1. The van der Waals surface area contributed by atoms with Crippen molar-refractivity contribution in [1.29, 1.82) is 0 Å². The van der Waals surface area contributed by atoms with Gasteiger partial charge in [0.1, 0.15) is 0 Å². The van der Waals surface area contributed by atoms with Gasteiger partial charge < -0.3 is 10.0 Å². The highest BCUT2D eigenvalue weighted by molar-refractivity contribution is 5.78. The normalized spacial score (nSPS) is 30.0. The van der Waals surface area contributed by atoms with E-state index in [1.165, 1.54) is 12.8 Å². The first kappa shape index (κ1) is 20.8. The van der Waals surface area contributed by atoms with E-state index in [-0.39, 0.29) is 17.4 Å². The maximum Gasteiger partial charge on any atom is 0.236 e. The Morgan fingerprint density at radius 1 is 1.14 bits per heavy atom. The van der Waals surface area contributed by atoms with Crippen molar-refractivity contribution >= 4 is 5.91 Å². The van der Waals surface area contributed by atoms with Gasteiger partial charge in [-0.15, -0.1) is 0 Å². The lowest BCUT2D eigenvalue weighted by molar-refractivity contribution is -0.143. The molecule has 0 aliphatic carbocycles. The fourth-order valence-electron chi connectivity index (χ4n) is 5.38. The van der Waals surface area contributed by atoms with Crippen LogP contribution in [0.25, 0.3) is 0 Å². The molecule has 6 heteroatoms. The lowest BCUT2D eigenvalue weighted by atomic mass is 9.71. The van der Waals surface area contributed by atoms with E-state index < -0.39 is 0 Å². The van der Waals surface area contributed by atoms with Crippen LogP contribution < -0.4 is 0 Å². The third-order valence-corrected chi connectivity index (χ3v) is 7.27. The van der Waals surface area contributed by atoms with E-state index in [2.05, 4.69) is 27.8 Å². The summed E-state index contributed by atoms with van der Waals surface area (Å²) in [6.45, 7) is 8.97. The summed E-state index contributed by atoms with van der Waals surface area (Å²) < 4.78 is 0. The number of hydrogen-bond acceptors (Lipinski definition) is 5. The van der Waals surface area contributed by atoms with Crippen LogP contribution in [0.3, 0.4) is 0 Å². The van der Waals surface area contributed by atoms with E-state index in [4.69, 9.17) is 0 Å². The summed E-state index contributed by atoms with van der Waals surface area (Å²) in [7, 11) is 0. The molecule has 3 saturated heterocycles. The van der Waals surface area contributed by atoms with E-state index in [0.717, 1.165) is 70.1 Å². The minimum Gasteiger partial charge on any atom is -0.392 e. The second-order valence-corrected chi connectivity index (χ2v) is 9.58. The average molecular weight is 401 g/mol. The monoisotopic (exact) mass is 400 g/mol. The van der Waals surface area contributed by atoms with Crippen molar-refractivity contribution in [2.75, 3.05) is 45.8 Å². The van der Waals surface area contributed by atoms with Crippen molar-refractivity contribution < 1.29 is 9.90 Å². The molecule has 3 aliphatic rings. The third kappa shape index (κ3) is 4.98. The zero-order valence-electron chi connectivity index (χ0n) is 17.8. The summed E-state index contributed by atoms with van der Waals surface area (Å²) in [5, 5.41) is 10.9. The Bertz CT molecular complexity index is 677. The number of aliphatic hydroxyl groups is 1. The van der Waals surface area contributed by atoms with Crippen molar-refractivity contribution in [3.8, 4) is 0 Å². The van der Waals surface area contributed by atoms with Crippen molar-refractivity contribution in [2.24, 2.45) is 11.3 Å². The third-order valence-electron chi connectivity index (χ3n) is 7.27. The number of hydrogen-bond donors (Lipinski definition) is 1. The Morgan fingerprint density at radius 2 is 1.93 bits per heavy atom. The second kappa shape index (κ2) is 9.11. The van der Waals surface area contributed by atoms with Crippen LogP contribution in [-0.4, -0.2) is 82.6 Å². The molecule has 4 heterocycles. The SMILES string of the molecule is CC1CCN(CC(=O)N2CCC[C@@]3(CN(Cc4ccccn4)CC[C@H]3O)C2)CC1. The van der Waals surface area contributed by atoms with E-state index in [1.807, 2.05) is 23.2 Å². The molecule has 0 saturated carbocycles. The Hall–Kier alpha value is -1.50. The molecule has 6 nitrogen and oxygen atoms in total. The first-order valence-electron chi connectivity index (χ1n) is 11.3. The van der Waals surface area contributed by atoms with Crippen LogP contribution in [0, 0.1) is 11.3 Å². The molecule has 1 amide bonds. The molecule has 3 aliphatic heterocycles. The Kier molecular flexibility index (Phi) is 6.52. The number of amides is 1. The second-order valence-electron chi connectivity index (χ2n) is 9.58. The van der Waals surface area contributed by atoms with Crippen molar-refractivity contribution in [3.63, 3.8) is 0 Å². The molecule has 4 rings (SSSR count). The maximum absolute atomic E-state index is 13.0. The number of nitrogens with zero attached hydrogens (tertiary/aromatic N) is 4. The summed E-state index contributed by atoms with van der Waals surface area (Å²) in [6, 6.07) is 6.03.